The number of para-hydroxylation sites is 1. The van der Waals surface area contributed by atoms with E-state index in [0.29, 0.717) is 34.7 Å². The van der Waals surface area contributed by atoms with Crippen LogP contribution >= 0.6 is 0 Å². The largest absolute Gasteiger partial charge is 0.493 e. The number of carbonyl (C=O) groups is 4. The summed E-state index contributed by atoms with van der Waals surface area (Å²) in [6, 6.07) is 18.3. The molecule has 0 atom stereocenters. The average molecular weight is 455 g/mol. The lowest BCUT2D eigenvalue weighted by molar-refractivity contribution is -0.142. The Labute approximate surface area is 196 Å². The van der Waals surface area contributed by atoms with E-state index in [1.165, 1.54) is 24.3 Å². The standard InChI is InChI=1S/C27H21NO6/c1-2-33-23-10-6-3-7-17(23)11-14-25(30)34-16-24(29)28-18-12-13-21-22(15-18)27(32)20-9-5-4-8-19(20)26(21)31/h3-15H,2,16H2,1H3,(H,28,29)/b14-11+. The van der Waals surface area contributed by atoms with Crippen LogP contribution in [0.25, 0.3) is 6.08 Å². The van der Waals surface area contributed by atoms with E-state index in [0.717, 1.165) is 0 Å². The maximum absolute atomic E-state index is 12.8. The Hall–Kier alpha value is -4.52. The summed E-state index contributed by atoms with van der Waals surface area (Å²) >= 11 is 0. The number of fused-ring (bicyclic) bond motifs is 2. The summed E-state index contributed by atoms with van der Waals surface area (Å²) in [6.07, 6.45) is 2.76. The molecule has 0 bridgehead atoms. The first kappa shape index (κ1) is 22.7. The molecule has 0 saturated heterocycles. The molecule has 1 N–H and O–H groups in total. The molecule has 0 aromatic heterocycles. The zero-order chi connectivity index (χ0) is 24.1. The number of esters is 1. The summed E-state index contributed by atoms with van der Waals surface area (Å²) < 4.78 is 10.5. The van der Waals surface area contributed by atoms with Crippen LogP contribution in [0, 0.1) is 0 Å². The highest BCUT2D eigenvalue weighted by molar-refractivity contribution is 6.28. The van der Waals surface area contributed by atoms with Gasteiger partial charge in [0.1, 0.15) is 5.75 Å². The highest BCUT2D eigenvalue weighted by atomic mass is 16.5. The topological polar surface area (TPSA) is 98.8 Å². The van der Waals surface area contributed by atoms with Crippen LogP contribution in [0.1, 0.15) is 44.3 Å². The van der Waals surface area contributed by atoms with E-state index in [4.69, 9.17) is 9.47 Å². The molecular formula is C27H21NO6. The highest BCUT2D eigenvalue weighted by Crippen LogP contribution is 2.29. The molecule has 34 heavy (non-hydrogen) atoms. The number of hydrogen-bond donors (Lipinski definition) is 1. The van der Waals surface area contributed by atoms with Gasteiger partial charge >= 0.3 is 5.97 Å². The number of benzene rings is 3. The van der Waals surface area contributed by atoms with Crippen LogP contribution in [0.4, 0.5) is 5.69 Å². The maximum atomic E-state index is 12.8. The molecule has 0 saturated carbocycles. The van der Waals surface area contributed by atoms with Crippen LogP contribution in [-0.4, -0.2) is 36.7 Å². The first-order valence-corrected chi connectivity index (χ1v) is 10.7. The van der Waals surface area contributed by atoms with Crippen LogP contribution in [0.15, 0.2) is 72.8 Å². The summed E-state index contributed by atoms with van der Waals surface area (Å²) in [6.45, 7) is 1.84. The Morgan fingerprint density at radius 2 is 1.50 bits per heavy atom. The number of nitrogens with one attached hydrogen (secondary N) is 1. The fourth-order valence-electron chi connectivity index (χ4n) is 3.62. The molecular weight excluding hydrogens is 434 g/mol. The van der Waals surface area contributed by atoms with Crippen LogP contribution in [0.3, 0.4) is 0 Å². The number of ether oxygens (including phenoxy) is 2. The third-order valence-electron chi connectivity index (χ3n) is 5.17. The third kappa shape index (κ3) is 4.78. The molecule has 1 aliphatic rings. The Balaban J connectivity index is 1.37. The van der Waals surface area contributed by atoms with Crippen LogP contribution in [-0.2, 0) is 14.3 Å². The number of amides is 1. The van der Waals surface area contributed by atoms with Gasteiger partial charge in [0.05, 0.1) is 6.61 Å². The Bertz CT molecular complexity index is 1320. The second kappa shape index (κ2) is 9.95. The molecule has 3 aromatic carbocycles. The molecule has 0 radical (unpaired) electrons. The van der Waals surface area contributed by atoms with Gasteiger partial charge in [-0.3, -0.25) is 14.4 Å². The molecule has 0 aliphatic heterocycles. The van der Waals surface area contributed by atoms with Crippen molar-refractivity contribution in [3.8, 4) is 5.75 Å². The zero-order valence-corrected chi connectivity index (χ0v) is 18.4. The van der Waals surface area contributed by atoms with Gasteiger partial charge in [0.15, 0.2) is 18.2 Å². The van der Waals surface area contributed by atoms with Gasteiger partial charge in [-0.2, -0.15) is 0 Å². The fourth-order valence-corrected chi connectivity index (χ4v) is 3.62. The lowest BCUT2D eigenvalue weighted by Crippen LogP contribution is -2.23. The monoisotopic (exact) mass is 455 g/mol. The van der Waals surface area contributed by atoms with Gasteiger partial charge in [-0.15, -0.1) is 0 Å². The number of carbonyl (C=O) groups excluding carboxylic acids is 4. The summed E-state index contributed by atoms with van der Waals surface area (Å²) in [5, 5.41) is 2.58. The van der Waals surface area contributed by atoms with Crippen molar-refractivity contribution in [2.75, 3.05) is 18.5 Å². The molecule has 7 nitrogen and oxygen atoms in total. The summed E-state index contributed by atoms with van der Waals surface area (Å²) in [5.41, 5.74) is 2.22. The average Bonchev–Trinajstić information content (AvgIpc) is 2.85. The lowest BCUT2D eigenvalue weighted by atomic mass is 9.84. The highest BCUT2D eigenvalue weighted by Gasteiger charge is 2.29. The van der Waals surface area contributed by atoms with Crippen LogP contribution in [0.5, 0.6) is 5.75 Å². The van der Waals surface area contributed by atoms with Crippen molar-refractivity contribution >= 4 is 35.2 Å². The predicted octanol–water partition coefficient (Wildman–Crippen LogP) is 4.06. The minimum Gasteiger partial charge on any atom is -0.493 e. The number of rotatable bonds is 7. The molecule has 7 heteroatoms. The first-order chi connectivity index (χ1) is 16.5. The van der Waals surface area contributed by atoms with Crippen molar-refractivity contribution in [3.05, 3.63) is 101 Å². The number of anilines is 1. The van der Waals surface area contributed by atoms with Gasteiger partial charge in [-0.25, -0.2) is 4.79 Å². The van der Waals surface area contributed by atoms with Gasteiger partial charge in [0.25, 0.3) is 5.91 Å². The first-order valence-electron chi connectivity index (χ1n) is 10.7. The van der Waals surface area contributed by atoms with E-state index >= 15 is 0 Å². The summed E-state index contributed by atoms with van der Waals surface area (Å²) in [4.78, 5) is 49.8. The minimum atomic E-state index is -0.690. The van der Waals surface area contributed by atoms with E-state index in [1.54, 1.807) is 42.5 Å². The molecule has 0 heterocycles. The predicted molar refractivity (Wildman–Crippen MR) is 126 cm³/mol. The second-order valence-corrected chi connectivity index (χ2v) is 7.42. The van der Waals surface area contributed by atoms with Crippen molar-refractivity contribution in [1.82, 2.24) is 0 Å². The molecule has 4 rings (SSSR count). The van der Waals surface area contributed by atoms with Crippen molar-refractivity contribution in [2.24, 2.45) is 0 Å². The number of hydrogen-bond acceptors (Lipinski definition) is 6. The van der Waals surface area contributed by atoms with Crippen molar-refractivity contribution < 1.29 is 28.7 Å². The maximum Gasteiger partial charge on any atom is 0.331 e. The minimum absolute atomic E-state index is 0.217. The van der Waals surface area contributed by atoms with E-state index in [-0.39, 0.29) is 22.7 Å². The number of ketones is 2. The van der Waals surface area contributed by atoms with Crippen LogP contribution in [0.2, 0.25) is 0 Å². The fraction of sp³-hybridized carbons (Fsp3) is 0.111. The van der Waals surface area contributed by atoms with Gasteiger partial charge < -0.3 is 14.8 Å². The molecule has 1 amide bonds. The van der Waals surface area contributed by atoms with Gasteiger partial charge in [-0.05, 0) is 37.3 Å². The molecule has 1 aliphatic carbocycles. The zero-order valence-electron chi connectivity index (χ0n) is 18.4. The van der Waals surface area contributed by atoms with Gasteiger partial charge in [0, 0.05) is 39.6 Å². The quantitative estimate of drug-likeness (QED) is 0.333. The van der Waals surface area contributed by atoms with E-state index < -0.39 is 18.5 Å². The summed E-state index contributed by atoms with van der Waals surface area (Å²) in [5.74, 6) is -1.16. The van der Waals surface area contributed by atoms with E-state index in [9.17, 15) is 19.2 Å². The van der Waals surface area contributed by atoms with Crippen molar-refractivity contribution in [2.45, 2.75) is 6.92 Å². The Morgan fingerprint density at radius 1 is 0.853 bits per heavy atom. The Morgan fingerprint density at radius 3 is 2.24 bits per heavy atom. The molecule has 0 fully saturated rings. The summed E-state index contributed by atoms with van der Waals surface area (Å²) in [7, 11) is 0. The van der Waals surface area contributed by atoms with Crippen molar-refractivity contribution in [1.29, 1.82) is 0 Å². The van der Waals surface area contributed by atoms with Gasteiger partial charge in [-0.1, -0.05) is 42.5 Å². The third-order valence-corrected chi connectivity index (χ3v) is 5.17. The molecule has 0 spiro atoms. The Kier molecular flexibility index (Phi) is 6.64. The molecule has 0 unspecified atom stereocenters. The lowest BCUT2D eigenvalue weighted by Gasteiger charge is -2.18. The molecule has 3 aromatic rings. The molecule has 170 valence electrons. The van der Waals surface area contributed by atoms with E-state index in [2.05, 4.69) is 5.32 Å². The normalized spacial score (nSPS) is 12.1. The smallest absolute Gasteiger partial charge is 0.331 e. The SMILES string of the molecule is CCOc1ccccc1/C=C/C(=O)OCC(=O)Nc1ccc2c(c1)C(=O)c1ccccc1C2=O. The second-order valence-electron chi connectivity index (χ2n) is 7.42. The van der Waals surface area contributed by atoms with Crippen LogP contribution < -0.4 is 10.1 Å². The van der Waals surface area contributed by atoms with Gasteiger partial charge in [0.2, 0.25) is 0 Å². The van der Waals surface area contributed by atoms with Crippen molar-refractivity contribution in [3.63, 3.8) is 0 Å². The van der Waals surface area contributed by atoms with E-state index in [1.807, 2.05) is 19.1 Å².